The summed E-state index contributed by atoms with van der Waals surface area (Å²) < 4.78 is 0. The number of amides is 2. The Morgan fingerprint density at radius 2 is 2.04 bits per heavy atom. The molecular weight excluding hydrogens is 348 g/mol. The minimum absolute atomic E-state index is 0. The van der Waals surface area contributed by atoms with Gasteiger partial charge in [0.05, 0.1) is 0 Å². The lowest BCUT2D eigenvalue weighted by molar-refractivity contribution is 0.0943. The first-order chi connectivity index (χ1) is 11.1. The van der Waals surface area contributed by atoms with Gasteiger partial charge in [0.1, 0.15) is 10.7 Å². The van der Waals surface area contributed by atoms with Gasteiger partial charge in [-0.1, -0.05) is 19.1 Å². The van der Waals surface area contributed by atoms with Crippen molar-refractivity contribution < 1.29 is 9.59 Å². The molecule has 0 saturated carbocycles. The minimum atomic E-state index is -0.248. The van der Waals surface area contributed by atoms with Crippen LogP contribution in [0.15, 0.2) is 29.6 Å². The normalized spacial score (nSPS) is 9.92. The highest BCUT2D eigenvalue weighted by molar-refractivity contribution is 7.09. The van der Waals surface area contributed by atoms with E-state index < -0.39 is 0 Å². The number of nitrogens with two attached hydrogens (primary N) is 1. The third-order valence-electron chi connectivity index (χ3n) is 3.14. The lowest BCUT2D eigenvalue weighted by Crippen LogP contribution is -2.25. The van der Waals surface area contributed by atoms with Crippen LogP contribution in [0.2, 0.25) is 0 Å². The summed E-state index contributed by atoms with van der Waals surface area (Å²) in [5.41, 5.74) is 7.30. The first-order valence-corrected chi connectivity index (χ1v) is 8.31. The van der Waals surface area contributed by atoms with E-state index in [1.54, 1.807) is 23.6 Å². The van der Waals surface area contributed by atoms with Crippen LogP contribution in [0.3, 0.4) is 0 Å². The molecule has 8 heteroatoms. The van der Waals surface area contributed by atoms with Crippen LogP contribution in [0.4, 0.5) is 0 Å². The molecule has 2 rings (SSSR count). The van der Waals surface area contributed by atoms with Crippen LogP contribution < -0.4 is 16.4 Å². The molecule has 130 valence electrons. The number of nitrogens with zero attached hydrogens (tertiary/aromatic N) is 1. The van der Waals surface area contributed by atoms with E-state index >= 15 is 0 Å². The quantitative estimate of drug-likeness (QED) is 0.697. The Morgan fingerprint density at radius 1 is 1.25 bits per heavy atom. The maximum absolute atomic E-state index is 12.0. The fourth-order valence-corrected chi connectivity index (χ4v) is 2.60. The van der Waals surface area contributed by atoms with Crippen molar-refractivity contribution in [2.75, 3.05) is 6.54 Å². The zero-order valence-electron chi connectivity index (χ0n) is 13.4. The average molecular weight is 369 g/mol. The van der Waals surface area contributed by atoms with Gasteiger partial charge in [-0.15, -0.1) is 23.7 Å². The van der Waals surface area contributed by atoms with E-state index in [4.69, 9.17) is 5.73 Å². The molecule has 6 nitrogen and oxygen atoms in total. The minimum Gasteiger partial charge on any atom is -0.352 e. The van der Waals surface area contributed by atoms with Crippen LogP contribution in [0, 0.1) is 0 Å². The summed E-state index contributed by atoms with van der Waals surface area (Å²) in [6.45, 7) is 3.31. The Bertz CT molecular complexity index is 690. The van der Waals surface area contributed by atoms with Gasteiger partial charge in [0.15, 0.2) is 0 Å². The van der Waals surface area contributed by atoms with Gasteiger partial charge in [-0.3, -0.25) is 9.59 Å². The Morgan fingerprint density at radius 3 is 2.71 bits per heavy atom. The van der Waals surface area contributed by atoms with Crippen LogP contribution in [0.5, 0.6) is 0 Å². The van der Waals surface area contributed by atoms with Gasteiger partial charge in [0.25, 0.3) is 11.8 Å². The average Bonchev–Trinajstić information content (AvgIpc) is 3.07. The third kappa shape index (κ3) is 5.59. The molecule has 2 aromatic rings. The Balaban J connectivity index is 0.00000288. The maximum atomic E-state index is 12.0. The number of nitrogens with one attached hydrogen (secondary N) is 2. The highest BCUT2D eigenvalue weighted by Crippen LogP contribution is 2.09. The number of hydrogen-bond acceptors (Lipinski definition) is 5. The monoisotopic (exact) mass is 368 g/mol. The van der Waals surface area contributed by atoms with Gasteiger partial charge in [-0.05, 0) is 24.1 Å². The van der Waals surface area contributed by atoms with E-state index in [1.165, 1.54) is 11.3 Å². The zero-order chi connectivity index (χ0) is 16.7. The summed E-state index contributed by atoms with van der Waals surface area (Å²) in [5.74, 6) is -0.353. The smallest absolute Gasteiger partial charge is 0.271 e. The molecule has 0 aliphatic carbocycles. The van der Waals surface area contributed by atoms with Crippen LogP contribution in [-0.4, -0.2) is 23.3 Å². The highest BCUT2D eigenvalue weighted by Gasteiger charge is 2.10. The first kappa shape index (κ1) is 20.1. The number of hydrogen-bond donors (Lipinski definition) is 3. The molecule has 0 saturated heterocycles. The van der Waals surface area contributed by atoms with Crippen molar-refractivity contribution in [1.82, 2.24) is 15.6 Å². The van der Waals surface area contributed by atoms with E-state index in [1.807, 2.05) is 13.0 Å². The van der Waals surface area contributed by atoms with Crippen LogP contribution in [0.25, 0.3) is 0 Å². The van der Waals surface area contributed by atoms with Gasteiger partial charge in [-0.2, -0.15) is 0 Å². The number of aromatic nitrogens is 1. The molecule has 1 aromatic carbocycles. The van der Waals surface area contributed by atoms with Crippen molar-refractivity contribution >= 4 is 35.6 Å². The molecule has 0 unspecified atom stereocenters. The summed E-state index contributed by atoms with van der Waals surface area (Å²) in [7, 11) is 0. The fourth-order valence-electron chi connectivity index (χ4n) is 1.94. The molecule has 0 spiro atoms. The SMILES string of the molecule is CCCNC(=O)c1cccc(CNC(=O)c2csc(CN)n2)c1.Cl. The van der Waals surface area contributed by atoms with E-state index in [0.29, 0.717) is 30.9 Å². The lowest BCUT2D eigenvalue weighted by Gasteiger charge is -2.07. The Kier molecular flexibility index (Phi) is 8.39. The number of rotatable bonds is 7. The number of halogens is 1. The Hall–Kier alpha value is -1.96. The molecule has 4 N–H and O–H groups in total. The molecule has 1 aromatic heterocycles. The van der Waals surface area contributed by atoms with Crippen molar-refractivity contribution in [3.8, 4) is 0 Å². The van der Waals surface area contributed by atoms with Crippen molar-refractivity contribution in [3.63, 3.8) is 0 Å². The van der Waals surface area contributed by atoms with Gasteiger partial charge < -0.3 is 16.4 Å². The van der Waals surface area contributed by atoms with Gasteiger partial charge >= 0.3 is 0 Å². The fraction of sp³-hybridized carbons (Fsp3) is 0.312. The molecule has 2 amide bonds. The van der Waals surface area contributed by atoms with Crippen molar-refractivity contribution in [1.29, 1.82) is 0 Å². The molecular formula is C16H21ClN4O2S. The molecule has 0 fully saturated rings. The summed E-state index contributed by atoms with van der Waals surface area (Å²) >= 11 is 1.36. The highest BCUT2D eigenvalue weighted by atomic mass is 35.5. The topological polar surface area (TPSA) is 97.1 Å². The van der Waals surface area contributed by atoms with Gasteiger partial charge in [0.2, 0.25) is 0 Å². The molecule has 0 atom stereocenters. The molecule has 0 bridgehead atoms. The summed E-state index contributed by atoms with van der Waals surface area (Å²) in [6, 6.07) is 7.20. The van der Waals surface area contributed by atoms with Crippen molar-refractivity contribution in [3.05, 3.63) is 51.5 Å². The number of carbonyl (C=O) groups excluding carboxylic acids is 2. The Labute approximate surface area is 151 Å². The molecule has 1 heterocycles. The van der Waals surface area contributed by atoms with Crippen molar-refractivity contribution in [2.24, 2.45) is 5.73 Å². The van der Waals surface area contributed by atoms with E-state index in [9.17, 15) is 9.59 Å². The second kappa shape index (κ2) is 10.0. The molecule has 0 aliphatic rings. The summed E-state index contributed by atoms with van der Waals surface area (Å²) in [5, 5.41) is 8.04. The van der Waals surface area contributed by atoms with Crippen LogP contribution in [-0.2, 0) is 13.1 Å². The van der Waals surface area contributed by atoms with Gasteiger partial charge in [-0.25, -0.2) is 4.98 Å². The predicted octanol–water partition coefficient (Wildman–Crippen LogP) is 2.09. The third-order valence-corrected chi connectivity index (χ3v) is 4.01. The van der Waals surface area contributed by atoms with Crippen molar-refractivity contribution in [2.45, 2.75) is 26.4 Å². The van der Waals surface area contributed by atoms with E-state index in [2.05, 4.69) is 15.6 Å². The van der Waals surface area contributed by atoms with Gasteiger partial charge in [0, 0.05) is 30.6 Å². The second-order valence-electron chi connectivity index (χ2n) is 4.97. The summed E-state index contributed by atoms with van der Waals surface area (Å²) in [6.07, 6.45) is 0.889. The molecule has 0 aliphatic heterocycles. The molecule has 0 radical (unpaired) electrons. The number of benzene rings is 1. The number of carbonyl (C=O) groups is 2. The summed E-state index contributed by atoms with van der Waals surface area (Å²) in [4.78, 5) is 28.1. The van der Waals surface area contributed by atoms with Crippen LogP contribution in [0.1, 0.15) is 44.8 Å². The second-order valence-corrected chi connectivity index (χ2v) is 5.91. The first-order valence-electron chi connectivity index (χ1n) is 7.43. The standard InChI is InChI=1S/C16H20N4O2S.ClH/c1-2-6-18-15(21)12-5-3-4-11(7-12)9-19-16(22)13-10-23-14(8-17)20-13;/h3-5,7,10H,2,6,8-9,17H2,1H3,(H,18,21)(H,19,22);1H. The number of thiazole rings is 1. The maximum Gasteiger partial charge on any atom is 0.271 e. The lowest BCUT2D eigenvalue weighted by atomic mass is 10.1. The van der Waals surface area contributed by atoms with E-state index in [-0.39, 0.29) is 24.2 Å². The van der Waals surface area contributed by atoms with Crippen LogP contribution >= 0.6 is 23.7 Å². The predicted molar refractivity (Wildman–Crippen MR) is 97.5 cm³/mol. The largest absolute Gasteiger partial charge is 0.352 e. The zero-order valence-corrected chi connectivity index (χ0v) is 15.0. The van der Waals surface area contributed by atoms with E-state index in [0.717, 1.165) is 17.0 Å². The molecule has 24 heavy (non-hydrogen) atoms.